The Hall–Kier alpha value is -1.99. The summed E-state index contributed by atoms with van der Waals surface area (Å²) in [5, 5.41) is 2.90. The van der Waals surface area contributed by atoms with Gasteiger partial charge in [0.1, 0.15) is 0 Å². The lowest BCUT2D eigenvalue weighted by atomic mass is 10.1. The van der Waals surface area contributed by atoms with Gasteiger partial charge >= 0.3 is 0 Å². The van der Waals surface area contributed by atoms with Crippen molar-refractivity contribution >= 4 is 33.4 Å². The van der Waals surface area contributed by atoms with E-state index in [4.69, 9.17) is 0 Å². The molecule has 0 aliphatic rings. The topological polar surface area (TPSA) is 75.3 Å². The summed E-state index contributed by atoms with van der Waals surface area (Å²) in [5.41, 5.74) is 2.44. The van der Waals surface area contributed by atoms with Crippen LogP contribution in [0.2, 0.25) is 0 Å². The number of thioether (sulfide) groups is 1. The number of rotatable bonds is 7. The van der Waals surface area contributed by atoms with Crippen molar-refractivity contribution in [1.29, 1.82) is 0 Å². The lowest BCUT2D eigenvalue weighted by Crippen LogP contribution is -2.27. The van der Waals surface area contributed by atoms with Crippen LogP contribution in [0.5, 0.6) is 0 Å². The van der Waals surface area contributed by atoms with E-state index in [1.807, 2.05) is 6.92 Å². The van der Waals surface area contributed by atoms with Gasteiger partial charge in [-0.3, -0.25) is 9.52 Å². The Kier molecular flexibility index (Phi) is 7.17. The van der Waals surface area contributed by atoms with Crippen LogP contribution in [0.3, 0.4) is 0 Å². The lowest BCUT2D eigenvalue weighted by molar-refractivity contribution is 0.0955. The van der Waals surface area contributed by atoms with E-state index >= 15 is 0 Å². The van der Waals surface area contributed by atoms with Gasteiger partial charge in [0.05, 0.1) is 10.6 Å². The maximum Gasteiger partial charge on any atom is 0.261 e. The highest BCUT2D eigenvalue weighted by Gasteiger charge is 2.18. The third kappa shape index (κ3) is 6.27. The van der Waals surface area contributed by atoms with Crippen LogP contribution >= 0.6 is 11.8 Å². The van der Waals surface area contributed by atoms with E-state index in [2.05, 4.69) is 30.8 Å². The van der Waals surface area contributed by atoms with Crippen molar-refractivity contribution in [3.05, 3.63) is 59.2 Å². The largest absolute Gasteiger partial charge is 0.351 e. The number of carbonyl (C=O) groups is 1. The molecule has 28 heavy (non-hydrogen) atoms. The SMILES string of the molecule is Cc1ccc(S(=O)(=O)Nc2cccc(C(=O)NCCSC(C)(C)C)c2C)cc1. The van der Waals surface area contributed by atoms with Gasteiger partial charge in [-0.15, -0.1) is 0 Å². The van der Waals surface area contributed by atoms with Crippen LogP contribution in [0, 0.1) is 13.8 Å². The van der Waals surface area contributed by atoms with Crippen LogP contribution in [-0.2, 0) is 10.0 Å². The number of amides is 1. The van der Waals surface area contributed by atoms with Gasteiger partial charge in [0.15, 0.2) is 0 Å². The standard InChI is InChI=1S/C21H28N2O3S2/c1-15-9-11-17(12-10-15)28(25,26)23-19-8-6-7-18(16(19)2)20(24)22-13-14-27-21(3,4)5/h6-12,23H,13-14H2,1-5H3,(H,22,24). The number of aryl methyl sites for hydroxylation is 1. The molecule has 0 fully saturated rings. The second-order valence-corrected chi connectivity index (χ2v) is 11.2. The number of nitrogens with one attached hydrogen (secondary N) is 2. The molecule has 2 rings (SSSR count). The van der Waals surface area contributed by atoms with Crippen molar-refractivity contribution in [1.82, 2.24) is 5.32 Å². The second kappa shape index (κ2) is 9.01. The summed E-state index contributed by atoms with van der Waals surface area (Å²) in [6.45, 7) is 10.6. The maximum atomic E-state index is 12.6. The van der Waals surface area contributed by atoms with Gasteiger partial charge in [0.25, 0.3) is 15.9 Å². The fraction of sp³-hybridized carbons (Fsp3) is 0.381. The Morgan fingerprint density at radius 1 is 1.04 bits per heavy atom. The molecule has 0 unspecified atom stereocenters. The molecule has 152 valence electrons. The van der Waals surface area contributed by atoms with Crippen LogP contribution in [0.15, 0.2) is 47.4 Å². The second-order valence-electron chi connectivity index (χ2n) is 7.61. The lowest BCUT2D eigenvalue weighted by Gasteiger charge is -2.18. The molecular weight excluding hydrogens is 392 g/mol. The molecule has 1 amide bonds. The Bertz CT molecular complexity index is 931. The highest BCUT2D eigenvalue weighted by atomic mass is 32.2. The summed E-state index contributed by atoms with van der Waals surface area (Å²) < 4.78 is 28.0. The number of hydrogen-bond acceptors (Lipinski definition) is 4. The van der Waals surface area contributed by atoms with Crippen molar-refractivity contribution in [3.63, 3.8) is 0 Å². The number of sulfonamides is 1. The zero-order chi connectivity index (χ0) is 20.9. The van der Waals surface area contributed by atoms with E-state index in [1.54, 1.807) is 61.2 Å². The Morgan fingerprint density at radius 2 is 1.68 bits per heavy atom. The van der Waals surface area contributed by atoms with Gasteiger partial charge in [-0.2, -0.15) is 11.8 Å². The van der Waals surface area contributed by atoms with Crippen LogP contribution < -0.4 is 10.0 Å². The first-order valence-electron chi connectivity index (χ1n) is 9.11. The predicted octanol–water partition coefficient (Wildman–Crippen LogP) is 4.37. The fourth-order valence-electron chi connectivity index (χ4n) is 2.53. The minimum atomic E-state index is -3.72. The molecule has 0 heterocycles. The highest BCUT2D eigenvalue weighted by molar-refractivity contribution is 8.00. The molecule has 0 saturated carbocycles. The van der Waals surface area contributed by atoms with Crippen LogP contribution in [0.1, 0.15) is 42.3 Å². The summed E-state index contributed by atoms with van der Waals surface area (Å²) in [5.74, 6) is 0.608. The maximum absolute atomic E-state index is 12.6. The van der Waals surface area contributed by atoms with E-state index in [1.165, 1.54) is 0 Å². The van der Waals surface area contributed by atoms with Gasteiger partial charge < -0.3 is 5.32 Å². The monoisotopic (exact) mass is 420 g/mol. The van der Waals surface area contributed by atoms with Crippen molar-refractivity contribution < 1.29 is 13.2 Å². The molecule has 2 N–H and O–H groups in total. The Morgan fingerprint density at radius 3 is 2.29 bits per heavy atom. The fourth-order valence-corrected chi connectivity index (χ4v) is 4.47. The van der Waals surface area contributed by atoms with Gasteiger partial charge in [-0.25, -0.2) is 8.42 Å². The molecular formula is C21H28N2O3S2. The molecule has 0 spiro atoms. The van der Waals surface area contributed by atoms with Crippen molar-refractivity contribution in [2.45, 2.75) is 44.3 Å². The van der Waals surface area contributed by atoms with Crippen LogP contribution in [-0.4, -0.2) is 31.4 Å². The Balaban J connectivity index is 2.11. The molecule has 0 radical (unpaired) electrons. The Labute approximate surface area is 172 Å². The third-order valence-electron chi connectivity index (χ3n) is 4.08. The molecule has 0 aliphatic heterocycles. The first kappa shape index (κ1) is 22.3. The molecule has 2 aromatic carbocycles. The highest BCUT2D eigenvalue weighted by Crippen LogP contribution is 2.24. The van der Waals surface area contributed by atoms with Gasteiger partial charge in [0.2, 0.25) is 0 Å². The van der Waals surface area contributed by atoms with E-state index in [0.29, 0.717) is 23.4 Å². The average Bonchev–Trinajstić information content (AvgIpc) is 2.60. The molecule has 0 atom stereocenters. The number of carbonyl (C=O) groups excluding carboxylic acids is 1. The molecule has 5 nitrogen and oxygen atoms in total. The summed E-state index contributed by atoms with van der Waals surface area (Å²) in [6.07, 6.45) is 0. The summed E-state index contributed by atoms with van der Waals surface area (Å²) in [6, 6.07) is 11.7. The molecule has 0 aromatic heterocycles. The smallest absolute Gasteiger partial charge is 0.261 e. The zero-order valence-electron chi connectivity index (χ0n) is 17.0. The van der Waals surface area contributed by atoms with Crippen LogP contribution in [0.25, 0.3) is 0 Å². The normalized spacial score (nSPS) is 11.9. The third-order valence-corrected chi connectivity index (χ3v) is 6.73. The number of benzene rings is 2. The van der Waals surface area contributed by atoms with Crippen molar-refractivity contribution in [2.24, 2.45) is 0 Å². The van der Waals surface area contributed by atoms with E-state index in [9.17, 15) is 13.2 Å². The quantitative estimate of drug-likeness (QED) is 0.653. The molecule has 7 heteroatoms. The predicted molar refractivity (Wildman–Crippen MR) is 118 cm³/mol. The van der Waals surface area contributed by atoms with Gasteiger partial charge in [-0.1, -0.05) is 44.5 Å². The first-order valence-corrected chi connectivity index (χ1v) is 11.6. The average molecular weight is 421 g/mol. The van der Waals surface area contributed by atoms with E-state index in [-0.39, 0.29) is 15.5 Å². The molecule has 0 bridgehead atoms. The van der Waals surface area contributed by atoms with Crippen molar-refractivity contribution in [3.8, 4) is 0 Å². The van der Waals surface area contributed by atoms with Gasteiger partial charge in [0, 0.05) is 22.6 Å². The van der Waals surface area contributed by atoms with E-state index < -0.39 is 10.0 Å². The number of hydrogen-bond donors (Lipinski definition) is 2. The first-order chi connectivity index (χ1) is 13.0. The van der Waals surface area contributed by atoms with E-state index in [0.717, 1.165) is 11.3 Å². The zero-order valence-corrected chi connectivity index (χ0v) is 18.6. The molecule has 0 saturated heterocycles. The minimum absolute atomic E-state index is 0.148. The summed E-state index contributed by atoms with van der Waals surface area (Å²) >= 11 is 1.78. The molecule has 2 aromatic rings. The van der Waals surface area contributed by atoms with Crippen LogP contribution in [0.4, 0.5) is 5.69 Å². The molecule has 0 aliphatic carbocycles. The summed E-state index contributed by atoms with van der Waals surface area (Å²) in [7, 11) is -3.72. The number of anilines is 1. The minimum Gasteiger partial charge on any atom is -0.351 e. The summed E-state index contributed by atoms with van der Waals surface area (Å²) in [4.78, 5) is 12.7. The van der Waals surface area contributed by atoms with Gasteiger partial charge in [-0.05, 0) is 43.7 Å². The van der Waals surface area contributed by atoms with Crippen molar-refractivity contribution in [2.75, 3.05) is 17.0 Å².